The molecule has 0 unspecified atom stereocenters. The van der Waals surface area contributed by atoms with Crippen LogP contribution in [0.3, 0.4) is 0 Å². The van der Waals surface area contributed by atoms with Gasteiger partial charge in [0.2, 0.25) is 5.91 Å². The van der Waals surface area contributed by atoms with Gasteiger partial charge in [-0.05, 0) is 60.4 Å². The first-order chi connectivity index (χ1) is 21.1. The summed E-state index contributed by atoms with van der Waals surface area (Å²) in [5.74, 6) is -3.38. The van der Waals surface area contributed by atoms with E-state index in [-0.39, 0.29) is 43.0 Å². The van der Waals surface area contributed by atoms with Gasteiger partial charge in [0.25, 0.3) is 0 Å². The van der Waals surface area contributed by atoms with Gasteiger partial charge in [0.05, 0.1) is 25.9 Å². The number of hydrogen-bond donors (Lipinski definition) is 4. The lowest BCUT2D eigenvalue weighted by Gasteiger charge is -2.30. The Labute approximate surface area is 252 Å². The van der Waals surface area contributed by atoms with Gasteiger partial charge < -0.3 is 35.9 Å². The lowest BCUT2D eigenvalue weighted by molar-refractivity contribution is -0.118. The summed E-state index contributed by atoms with van der Waals surface area (Å²) in [4.78, 5) is 37.1. The first-order valence-corrected chi connectivity index (χ1v) is 13.9. The van der Waals surface area contributed by atoms with Gasteiger partial charge in [0.15, 0.2) is 0 Å². The highest BCUT2D eigenvalue weighted by Crippen LogP contribution is 2.31. The quantitative estimate of drug-likeness (QED) is 0.256. The normalized spacial score (nSPS) is 17.6. The number of alkyl carbamates (subject to hydrolysis) is 1. The van der Waals surface area contributed by atoms with Crippen LogP contribution in [0.4, 0.5) is 28.4 Å². The van der Waals surface area contributed by atoms with E-state index in [9.17, 15) is 23.2 Å². The van der Waals surface area contributed by atoms with Crippen molar-refractivity contribution in [2.45, 2.75) is 36.9 Å². The zero-order chi connectivity index (χ0) is 31.6. The number of carbonyl (C=O) groups excluding carboxylic acids is 3. The van der Waals surface area contributed by atoms with E-state index in [0.29, 0.717) is 24.1 Å². The van der Waals surface area contributed by atoms with E-state index in [1.54, 1.807) is 6.07 Å². The van der Waals surface area contributed by atoms with Crippen LogP contribution in [-0.4, -0.2) is 63.1 Å². The minimum absolute atomic E-state index is 0.0564. The van der Waals surface area contributed by atoms with E-state index >= 15 is 4.39 Å². The summed E-state index contributed by atoms with van der Waals surface area (Å²) in [5, 5.41) is 8.41. The average molecular weight is 615 g/mol. The predicted molar refractivity (Wildman–Crippen MR) is 154 cm³/mol. The van der Waals surface area contributed by atoms with Crippen molar-refractivity contribution in [1.82, 2.24) is 10.6 Å². The number of amides is 3. The van der Waals surface area contributed by atoms with E-state index < -0.39 is 47.5 Å². The Morgan fingerprint density at radius 1 is 1.02 bits per heavy atom. The first-order valence-electron chi connectivity index (χ1n) is 13.9. The monoisotopic (exact) mass is 614 g/mol. The third-order valence-corrected chi connectivity index (χ3v) is 7.20. The Balaban J connectivity index is 1.56. The molecule has 4 rings (SSSR count). The Morgan fingerprint density at radius 2 is 1.77 bits per heavy atom. The average Bonchev–Trinajstić information content (AvgIpc) is 3.00. The summed E-state index contributed by atoms with van der Waals surface area (Å²) in [6, 6.07) is 13.3. The maximum absolute atomic E-state index is 15.1. The molecule has 10 nitrogen and oxygen atoms in total. The van der Waals surface area contributed by atoms with E-state index in [4.69, 9.17) is 19.9 Å². The fraction of sp³-hybridized carbons (Fsp3) is 0.323. The maximum Gasteiger partial charge on any atom is 0.407 e. The van der Waals surface area contributed by atoms with Gasteiger partial charge in [-0.15, -0.1) is 0 Å². The Kier molecular flexibility index (Phi) is 11.2. The van der Waals surface area contributed by atoms with Crippen molar-refractivity contribution < 1.29 is 41.8 Å². The lowest BCUT2D eigenvalue weighted by Crippen LogP contribution is -2.49. The molecule has 13 heteroatoms. The molecule has 3 amide bonds. The molecule has 3 aromatic rings. The van der Waals surface area contributed by atoms with Crippen molar-refractivity contribution in [3.05, 3.63) is 101 Å². The van der Waals surface area contributed by atoms with Gasteiger partial charge in [-0.1, -0.05) is 30.3 Å². The number of carbonyl (C=O) groups is 3. The first kappa shape index (κ1) is 32.3. The molecule has 0 aromatic heterocycles. The fourth-order valence-electron chi connectivity index (χ4n) is 5.02. The number of hydrogen-bond acceptors (Lipinski definition) is 7. The molecule has 234 valence electrons. The molecule has 1 heterocycles. The summed E-state index contributed by atoms with van der Waals surface area (Å²) in [6.07, 6.45) is -1.52. The fourth-order valence-corrected chi connectivity index (χ4v) is 5.02. The topological polar surface area (TPSA) is 141 Å². The van der Waals surface area contributed by atoms with Crippen LogP contribution >= 0.6 is 0 Å². The Bertz CT molecular complexity index is 1450. The number of primary amides is 1. The zero-order valence-electron chi connectivity index (χ0n) is 23.9. The number of nitrogens with one attached hydrogen (secondary N) is 3. The lowest BCUT2D eigenvalue weighted by atomic mass is 9.84. The molecule has 5 N–H and O–H groups in total. The summed E-state index contributed by atoms with van der Waals surface area (Å²) >= 11 is 0. The van der Waals surface area contributed by atoms with Crippen molar-refractivity contribution in [3.8, 4) is 0 Å². The smallest absolute Gasteiger partial charge is 0.407 e. The second-order valence-corrected chi connectivity index (χ2v) is 10.2. The highest BCUT2D eigenvalue weighted by Gasteiger charge is 2.34. The summed E-state index contributed by atoms with van der Waals surface area (Å²) < 4.78 is 58.6. The molecule has 44 heavy (non-hydrogen) atoms. The van der Waals surface area contributed by atoms with E-state index in [0.717, 1.165) is 7.11 Å². The van der Waals surface area contributed by atoms with E-state index in [1.165, 1.54) is 60.7 Å². The number of anilines is 1. The standard InChI is InChI=1S/C31H33F3N4O6/c1-42-31(41)38-28(27(18-8-10-20(32)11-9-18)19-4-2-5-21(33)14-19)29(39)37-26-7-3-6-25(34)24(26)13-12-23-15-36-22(16-43-23)17-44-30(35)40/h2-11,14,22-23,27-28,36H,12-13,15-17H2,1H3,(H2,35,40)(H,37,39)(H,38,41)/t22-,23+,27-,28-/m0/s1. The van der Waals surface area contributed by atoms with Crippen LogP contribution in [0.15, 0.2) is 66.7 Å². The molecule has 1 fully saturated rings. The van der Waals surface area contributed by atoms with Crippen LogP contribution in [0.25, 0.3) is 0 Å². The molecule has 0 radical (unpaired) electrons. The van der Waals surface area contributed by atoms with Gasteiger partial charge >= 0.3 is 12.2 Å². The van der Waals surface area contributed by atoms with Gasteiger partial charge in [0, 0.05) is 23.7 Å². The molecule has 0 spiro atoms. The molecular formula is C31H33F3N4O6. The van der Waals surface area contributed by atoms with Gasteiger partial charge in [-0.25, -0.2) is 22.8 Å². The molecule has 3 aromatic carbocycles. The zero-order valence-corrected chi connectivity index (χ0v) is 23.9. The van der Waals surface area contributed by atoms with Gasteiger partial charge in [0.1, 0.15) is 30.1 Å². The summed E-state index contributed by atoms with van der Waals surface area (Å²) in [7, 11) is 1.12. The third-order valence-electron chi connectivity index (χ3n) is 7.20. The Hall–Kier alpha value is -4.62. The van der Waals surface area contributed by atoms with Crippen LogP contribution in [0.1, 0.15) is 29.0 Å². The molecule has 1 aliphatic rings. The molecule has 1 aliphatic heterocycles. The summed E-state index contributed by atoms with van der Waals surface area (Å²) in [5.41, 5.74) is 6.12. The highest BCUT2D eigenvalue weighted by molar-refractivity contribution is 5.98. The van der Waals surface area contributed by atoms with E-state index in [2.05, 4.69) is 16.0 Å². The minimum atomic E-state index is -1.38. The molecule has 0 bridgehead atoms. The minimum Gasteiger partial charge on any atom is -0.453 e. The predicted octanol–water partition coefficient (Wildman–Crippen LogP) is 3.98. The number of halogens is 3. The molecule has 0 aliphatic carbocycles. The van der Waals surface area contributed by atoms with Crippen molar-refractivity contribution in [3.63, 3.8) is 0 Å². The van der Waals surface area contributed by atoms with Crippen LogP contribution in [0, 0.1) is 17.5 Å². The van der Waals surface area contributed by atoms with Crippen molar-refractivity contribution in [2.24, 2.45) is 5.73 Å². The molecule has 1 saturated heterocycles. The van der Waals surface area contributed by atoms with Crippen LogP contribution < -0.4 is 21.7 Å². The highest BCUT2D eigenvalue weighted by atomic mass is 19.1. The van der Waals surface area contributed by atoms with Gasteiger partial charge in [-0.3, -0.25) is 4.79 Å². The van der Waals surface area contributed by atoms with Crippen LogP contribution in [-0.2, 0) is 25.4 Å². The van der Waals surface area contributed by atoms with E-state index in [1.807, 2.05) is 0 Å². The van der Waals surface area contributed by atoms with Crippen LogP contribution in [0.2, 0.25) is 0 Å². The third kappa shape index (κ3) is 8.71. The number of rotatable bonds is 11. The van der Waals surface area contributed by atoms with Gasteiger partial charge in [-0.2, -0.15) is 0 Å². The second kappa shape index (κ2) is 15.2. The maximum atomic E-state index is 15.1. The number of ether oxygens (including phenoxy) is 3. The summed E-state index contributed by atoms with van der Waals surface area (Å²) in [6.45, 7) is 0.729. The number of nitrogens with two attached hydrogens (primary N) is 1. The van der Waals surface area contributed by atoms with Crippen molar-refractivity contribution in [2.75, 3.05) is 32.2 Å². The molecule has 4 atom stereocenters. The molecule has 0 saturated carbocycles. The number of morpholine rings is 1. The van der Waals surface area contributed by atoms with Crippen molar-refractivity contribution >= 4 is 23.8 Å². The SMILES string of the molecule is COC(=O)N[C@H](C(=O)Nc1cccc(F)c1CC[C@@H]1CN[C@H](COC(N)=O)CO1)[C@@H](c1ccc(F)cc1)c1cccc(F)c1. The number of benzene rings is 3. The second-order valence-electron chi connectivity index (χ2n) is 10.2. The number of methoxy groups -OCH3 is 1. The van der Waals surface area contributed by atoms with Crippen LogP contribution in [0.5, 0.6) is 0 Å². The molecular weight excluding hydrogens is 581 g/mol. The largest absolute Gasteiger partial charge is 0.453 e. The Morgan fingerprint density at radius 3 is 2.43 bits per heavy atom. The van der Waals surface area contributed by atoms with Crippen molar-refractivity contribution in [1.29, 1.82) is 0 Å².